The number of nitrogens with zero attached hydrogens (tertiary/aromatic N) is 2. The van der Waals surface area contributed by atoms with Crippen molar-refractivity contribution in [3.8, 4) is 0 Å². The highest BCUT2D eigenvalue weighted by atomic mass is 32.2. The molecule has 22 heavy (non-hydrogen) atoms. The van der Waals surface area contributed by atoms with Gasteiger partial charge >= 0.3 is 5.97 Å². The average Bonchev–Trinajstić information content (AvgIpc) is 2.48. The van der Waals surface area contributed by atoms with Gasteiger partial charge in [-0.1, -0.05) is 25.5 Å². The largest absolute Gasteiger partial charge is 0.480 e. The Morgan fingerprint density at radius 1 is 1.14 bits per heavy atom. The van der Waals surface area contributed by atoms with Crippen LogP contribution in [0.2, 0.25) is 0 Å². The van der Waals surface area contributed by atoms with E-state index in [1.807, 2.05) is 12.1 Å². The quantitative estimate of drug-likeness (QED) is 0.845. The number of sulfonamides is 1. The molecule has 2 rings (SSSR count). The molecule has 1 fully saturated rings. The zero-order valence-corrected chi connectivity index (χ0v) is 13.6. The van der Waals surface area contributed by atoms with Crippen LogP contribution in [0.1, 0.15) is 18.9 Å². The minimum absolute atomic E-state index is 0.0421. The number of carboxylic acids is 1. The second-order valence-electron chi connectivity index (χ2n) is 5.47. The molecular weight excluding hydrogens is 304 g/mol. The Bertz CT molecular complexity index is 605. The lowest BCUT2D eigenvalue weighted by molar-refractivity contribution is -0.138. The number of rotatable bonds is 6. The fourth-order valence-electron chi connectivity index (χ4n) is 2.59. The molecule has 0 atom stereocenters. The molecule has 1 aromatic rings. The zero-order chi connectivity index (χ0) is 16.2. The van der Waals surface area contributed by atoms with Crippen LogP contribution in [0.25, 0.3) is 0 Å². The second kappa shape index (κ2) is 7.21. The van der Waals surface area contributed by atoms with E-state index in [0.717, 1.165) is 18.4 Å². The van der Waals surface area contributed by atoms with Crippen LogP contribution in [0.4, 0.5) is 0 Å². The molecule has 1 aromatic carbocycles. The van der Waals surface area contributed by atoms with Crippen molar-refractivity contribution < 1.29 is 18.3 Å². The summed E-state index contributed by atoms with van der Waals surface area (Å²) in [6.07, 6.45) is 1.96. The molecule has 0 bridgehead atoms. The summed E-state index contributed by atoms with van der Waals surface area (Å²) in [6, 6.07) is 7.03. The molecule has 0 spiro atoms. The van der Waals surface area contributed by atoms with Crippen LogP contribution >= 0.6 is 0 Å². The van der Waals surface area contributed by atoms with Gasteiger partial charge in [0.2, 0.25) is 10.0 Å². The van der Waals surface area contributed by atoms with Gasteiger partial charge in [-0.15, -0.1) is 0 Å². The van der Waals surface area contributed by atoms with Gasteiger partial charge in [0.25, 0.3) is 0 Å². The number of aliphatic carboxylic acids is 1. The first-order valence-corrected chi connectivity index (χ1v) is 8.90. The van der Waals surface area contributed by atoms with E-state index in [-0.39, 0.29) is 6.54 Å². The average molecular weight is 326 g/mol. The third-order valence-electron chi connectivity index (χ3n) is 3.79. The van der Waals surface area contributed by atoms with E-state index in [2.05, 4.69) is 6.92 Å². The highest BCUT2D eigenvalue weighted by Crippen LogP contribution is 2.18. The molecule has 0 saturated carbocycles. The minimum Gasteiger partial charge on any atom is -0.480 e. The maximum absolute atomic E-state index is 12.6. The lowest BCUT2D eigenvalue weighted by atomic mass is 10.1. The monoisotopic (exact) mass is 326 g/mol. The Balaban J connectivity index is 2.03. The SMILES string of the molecule is CCCc1ccc(S(=O)(=O)N2CCN(CC(=O)O)CC2)cc1. The van der Waals surface area contributed by atoms with Crippen LogP contribution in [0.15, 0.2) is 29.2 Å². The van der Waals surface area contributed by atoms with Crippen LogP contribution in [0.5, 0.6) is 0 Å². The molecule has 1 N–H and O–H groups in total. The molecular formula is C15H22N2O4S. The maximum atomic E-state index is 12.6. The van der Waals surface area contributed by atoms with Gasteiger partial charge in [-0.3, -0.25) is 9.69 Å². The van der Waals surface area contributed by atoms with Crippen molar-refractivity contribution in [1.29, 1.82) is 0 Å². The number of hydrogen-bond acceptors (Lipinski definition) is 4. The molecule has 1 heterocycles. The van der Waals surface area contributed by atoms with Crippen molar-refractivity contribution in [3.05, 3.63) is 29.8 Å². The number of aryl methyl sites for hydroxylation is 1. The molecule has 0 amide bonds. The molecule has 6 nitrogen and oxygen atoms in total. The smallest absolute Gasteiger partial charge is 0.317 e. The van der Waals surface area contributed by atoms with Crippen LogP contribution in [0.3, 0.4) is 0 Å². The van der Waals surface area contributed by atoms with Gasteiger partial charge in [0.15, 0.2) is 0 Å². The van der Waals surface area contributed by atoms with Crippen LogP contribution in [-0.4, -0.2) is 61.4 Å². The van der Waals surface area contributed by atoms with Gasteiger partial charge in [-0.2, -0.15) is 4.31 Å². The second-order valence-corrected chi connectivity index (χ2v) is 7.41. The van der Waals surface area contributed by atoms with Gasteiger partial charge in [0.05, 0.1) is 11.4 Å². The summed E-state index contributed by atoms with van der Waals surface area (Å²) in [7, 11) is -3.49. The zero-order valence-electron chi connectivity index (χ0n) is 12.7. The Kier molecular flexibility index (Phi) is 5.55. The molecule has 7 heteroatoms. The van der Waals surface area contributed by atoms with E-state index in [1.165, 1.54) is 4.31 Å². The van der Waals surface area contributed by atoms with E-state index in [9.17, 15) is 13.2 Å². The van der Waals surface area contributed by atoms with E-state index in [1.54, 1.807) is 17.0 Å². The third-order valence-corrected chi connectivity index (χ3v) is 5.70. The Morgan fingerprint density at radius 2 is 1.73 bits per heavy atom. The first kappa shape index (κ1) is 16.9. The van der Waals surface area contributed by atoms with E-state index in [4.69, 9.17) is 5.11 Å². The van der Waals surface area contributed by atoms with Crippen molar-refractivity contribution in [2.45, 2.75) is 24.7 Å². The summed E-state index contributed by atoms with van der Waals surface area (Å²) in [5.74, 6) is -0.886. The predicted octanol–water partition coefficient (Wildman–Crippen LogP) is 1.03. The lowest BCUT2D eigenvalue weighted by Gasteiger charge is -2.33. The van der Waals surface area contributed by atoms with Crippen molar-refractivity contribution in [2.24, 2.45) is 0 Å². The third kappa shape index (κ3) is 4.06. The lowest BCUT2D eigenvalue weighted by Crippen LogP contribution is -2.49. The van der Waals surface area contributed by atoms with Crippen molar-refractivity contribution in [1.82, 2.24) is 9.21 Å². The molecule has 1 aliphatic rings. The molecule has 0 aromatic heterocycles. The van der Waals surface area contributed by atoms with Gasteiger partial charge in [-0.05, 0) is 24.1 Å². The first-order chi connectivity index (χ1) is 10.4. The molecule has 122 valence electrons. The van der Waals surface area contributed by atoms with Crippen molar-refractivity contribution in [2.75, 3.05) is 32.7 Å². The summed E-state index contributed by atoms with van der Waals surface area (Å²) in [4.78, 5) is 12.7. The fourth-order valence-corrected chi connectivity index (χ4v) is 4.01. The topological polar surface area (TPSA) is 77.9 Å². The molecule has 1 saturated heterocycles. The number of hydrogen-bond donors (Lipinski definition) is 1. The number of carbonyl (C=O) groups is 1. The van der Waals surface area contributed by atoms with Gasteiger partial charge in [0.1, 0.15) is 0 Å². The number of benzene rings is 1. The summed E-state index contributed by atoms with van der Waals surface area (Å²) in [6.45, 7) is 3.58. The van der Waals surface area contributed by atoms with Gasteiger partial charge < -0.3 is 5.11 Å². The normalized spacial score (nSPS) is 17.5. The van der Waals surface area contributed by atoms with Crippen LogP contribution in [-0.2, 0) is 21.2 Å². The molecule has 0 radical (unpaired) electrons. The van der Waals surface area contributed by atoms with Crippen molar-refractivity contribution >= 4 is 16.0 Å². The number of carboxylic acid groups (broad SMARTS) is 1. The standard InChI is InChI=1S/C15H22N2O4S/c1-2-3-13-4-6-14(7-5-13)22(20,21)17-10-8-16(9-11-17)12-15(18)19/h4-7H,2-3,8-12H2,1H3,(H,18,19). The molecule has 0 unspecified atom stereocenters. The first-order valence-electron chi connectivity index (χ1n) is 7.46. The summed E-state index contributed by atoms with van der Waals surface area (Å²) in [5.41, 5.74) is 1.13. The van der Waals surface area contributed by atoms with Crippen LogP contribution in [0, 0.1) is 0 Å². The van der Waals surface area contributed by atoms with Gasteiger partial charge in [0, 0.05) is 26.2 Å². The molecule has 1 aliphatic heterocycles. The molecule has 0 aliphatic carbocycles. The van der Waals surface area contributed by atoms with E-state index in [0.29, 0.717) is 31.1 Å². The van der Waals surface area contributed by atoms with E-state index < -0.39 is 16.0 Å². The Morgan fingerprint density at radius 3 is 2.23 bits per heavy atom. The minimum atomic E-state index is -3.49. The highest BCUT2D eigenvalue weighted by molar-refractivity contribution is 7.89. The fraction of sp³-hybridized carbons (Fsp3) is 0.533. The highest BCUT2D eigenvalue weighted by Gasteiger charge is 2.28. The van der Waals surface area contributed by atoms with Crippen molar-refractivity contribution in [3.63, 3.8) is 0 Å². The Hall–Kier alpha value is -1.44. The van der Waals surface area contributed by atoms with Crippen LogP contribution < -0.4 is 0 Å². The number of piperazine rings is 1. The summed E-state index contributed by atoms with van der Waals surface area (Å²) >= 11 is 0. The summed E-state index contributed by atoms with van der Waals surface area (Å²) in [5, 5.41) is 8.77. The maximum Gasteiger partial charge on any atom is 0.317 e. The Labute approximate surface area is 131 Å². The predicted molar refractivity (Wildman–Crippen MR) is 83.3 cm³/mol. The van der Waals surface area contributed by atoms with E-state index >= 15 is 0 Å². The summed E-state index contributed by atoms with van der Waals surface area (Å²) < 4.78 is 26.6. The van der Waals surface area contributed by atoms with Gasteiger partial charge in [-0.25, -0.2) is 8.42 Å².